The van der Waals surface area contributed by atoms with E-state index in [0.29, 0.717) is 5.69 Å². The van der Waals surface area contributed by atoms with Gasteiger partial charge in [0, 0.05) is 11.7 Å². The Labute approximate surface area is 129 Å². The van der Waals surface area contributed by atoms with Crippen LogP contribution < -0.4 is 5.32 Å². The molecule has 1 aromatic rings. The van der Waals surface area contributed by atoms with Crippen molar-refractivity contribution in [2.24, 2.45) is 0 Å². The Bertz CT molecular complexity index is 652. The standard InChI is InChI=1S/C16H19N3O3/c1-10-4-3-5-13(11(10)2)17-14(20)8-19-15(21)9-18(16(19)22)12-6-7-12/h3-5,12H,6-9H2,1-2H3,(H,17,20). The highest BCUT2D eigenvalue weighted by atomic mass is 16.2. The molecule has 1 aromatic carbocycles. The van der Waals surface area contributed by atoms with Gasteiger partial charge in [-0.25, -0.2) is 4.79 Å². The molecule has 0 atom stereocenters. The van der Waals surface area contributed by atoms with Crippen molar-refractivity contribution in [1.82, 2.24) is 9.80 Å². The third kappa shape index (κ3) is 2.68. The van der Waals surface area contributed by atoms with Gasteiger partial charge in [-0.1, -0.05) is 12.1 Å². The monoisotopic (exact) mass is 301 g/mol. The lowest BCUT2D eigenvalue weighted by molar-refractivity contribution is -0.129. The molecular formula is C16H19N3O3. The number of carbonyl (C=O) groups is 3. The van der Waals surface area contributed by atoms with Crippen LogP contribution in [0.25, 0.3) is 0 Å². The van der Waals surface area contributed by atoms with Crippen LogP contribution in [-0.4, -0.2) is 46.8 Å². The van der Waals surface area contributed by atoms with Crippen LogP contribution >= 0.6 is 0 Å². The average molecular weight is 301 g/mol. The van der Waals surface area contributed by atoms with E-state index in [1.165, 1.54) is 0 Å². The Balaban J connectivity index is 1.65. The molecule has 3 rings (SSSR count). The second-order valence-electron chi connectivity index (χ2n) is 5.92. The number of urea groups is 1. The number of imide groups is 1. The molecule has 0 radical (unpaired) electrons. The number of aryl methyl sites for hydroxylation is 1. The van der Waals surface area contributed by atoms with Gasteiger partial charge in [0.15, 0.2) is 0 Å². The van der Waals surface area contributed by atoms with Crippen molar-refractivity contribution < 1.29 is 14.4 Å². The van der Waals surface area contributed by atoms with Gasteiger partial charge < -0.3 is 10.2 Å². The highest BCUT2D eigenvalue weighted by molar-refractivity contribution is 6.06. The minimum absolute atomic E-state index is 0.0975. The number of nitrogens with zero attached hydrogens (tertiary/aromatic N) is 2. The second kappa shape index (κ2) is 5.44. The quantitative estimate of drug-likeness (QED) is 0.860. The first-order chi connectivity index (χ1) is 10.5. The van der Waals surface area contributed by atoms with Crippen LogP contribution in [0.3, 0.4) is 0 Å². The Morgan fingerprint density at radius 3 is 2.68 bits per heavy atom. The molecule has 1 heterocycles. The van der Waals surface area contributed by atoms with Crippen LogP contribution in [-0.2, 0) is 9.59 Å². The van der Waals surface area contributed by atoms with Crippen molar-refractivity contribution in [3.8, 4) is 0 Å². The van der Waals surface area contributed by atoms with Crippen molar-refractivity contribution in [1.29, 1.82) is 0 Å². The Morgan fingerprint density at radius 2 is 2.00 bits per heavy atom. The summed E-state index contributed by atoms with van der Waals surface area (Å²) < 4.78 is 0. The SMILES string of the molecule is Cc1cccc(NC(=O)CN2C(=O)CN(C3CC3)C2=O)c1C. The van der Waals surface area contributed by atoms with Crippen LogP contribution in [0.5, 0.6) is 0 Å². The zero-order valence-corrected chi connectivity index (χ0v) is 12.8. The van der Waals surface area contributed by atoms with Crippen molar-refractivity contribution in [3.63, 3.8) is 0 Å². The molecule has 6 heteroatoms. The second-order valence-corrected chi connectivity index (χ2v) is 5.92. The zero-order chi connectivity index (χ0) is 15.9. The summed E-state index contributed by atoms with van der Waals surface area (Å²) in [4.78, 5) is 38.8. The molecule has 1 saturated carbocycles. The normalized spacial score (nSPS) is 18.1. The van der Waals surface area contributed by atoms with Crippen molar-refractivity contribution >= 4 is 23.5 Å². The molecule has 0 spiro atoms. The van der Waals surface area contributed by atoms with Crippen molar-refractivity contribution in [3.05, 3.63) is 29.3 Å². The van der Waals surface area contributed by atoms with E-state index in [4.69, 9.17) is 0 Å². The van der Waals surface area contributed by atoms with E-state index in [0.717, 1.165) is 28.9 Å². The summed E-state index contributed by atoms with van der Waals surface area (Å²) in [6.45, 7) is 3.76. The number of amides is 4. The van der Waals surface area contributed by atoms with Gasteiger partial charge >= 0.3 is 6.03 Å². The molecule has 4 amide bonds. The van der Waals surface area contributed by atoms with Crippen LogP contribution in [0.2, 0.25) is 0 Å². The van der Waals surface area contributed by atoms with E-state index in [-0.39, 0.29) is 37.0 Å². The summed E-state index contributed by atoms with van der Waals surface area (Å²) in [7, 11) is 0. The fraction of sp³-hybridized carbons (Fsp3) is 0.438. The maximum atomic E-state index is 12.2. The molecule has 0 bridgehead atoms. The summed E-state index contributed by atoms with van der Waals surface area (Å²) in [5, 5.41) is 2.78. The van der Waals surface area contributed by atoms with Crippen molar-refractivity contribution in [2.75, 3.05) is 18.4 Å². The molecule has 2 fully saturated rings. The zero-order valence-electron chi connectivity index (χ0n) is 12.8. The first-order valence-corrected chi connectivity index (χ1v) is 7.44. The number of rotatable bonds is 4. The minimum Gasteiger partial charge on any atom is -0.324 e. The smallest absolute Gasteiger partial charge is 0.324 e. The number of nitrogens with one attached hydrogen (secondary N) is 1. The van der Waals surface area contributed by atoms with E-state index in [1.54, 1.807) is 4.90 Å². The Hall–Kier alpha value is -2.37. The number of hydrogen-bond acceptors (Lipinski definition) is 3. The molecule has 116 valence electrons. The summed E-state index contributed by atoms with van der Waals surface area (Å²) in [5.41, 5.74) is 2.77. The van der Waals surface area contributed by atoms with Gasteiger partial charge in [-0.2, -0.15) is 0 Å². The van der Waals surface area contributed by atoms with Gasteiger partial charge in [0.05, 0.1) is 0 Å². The fourth-order valence-corrected chi connectivity index (χ4v) is 2.61. The first-order valence-electron chi connectivity index (χ1n) is 7.44. The molecule has 1 N–H and O–H groups in total. The third-order valence-electron chi connectivity index (χ3n) is 4.25. The molecular weight excluding hydrogens is 282 g/mol. The summed E-state index contributed by atoms with van der Waals surface area (Å²) >= 11 is 0. The maximum Gasteiger partial charge on any atom is 0.327 e. The van der Waals surface area contributed by atoms with Gasteiger partial charge in [0.2, 0.25) is 5.91 Å². The Morgan fingerprint density at radius 1 is 1.27 bits per heavy atom. The van der Waals surface area contributed by atoms with E-state index in [2.05, 4.69) is 5.32 Å². The molecule has 22 heavy (non-hydrogen) atoms. The average Bonchev–Trinajstić information content (AvgIpc) is 3.27. The largest absolute Gasteiger partial charge is 0.327 e. The summed E-state index contributed by atoms with van der Waals surface area (Å²) in [6, 6.07) is 5.47. The van der Waals surface area contributed by atoms with E-state index >= 15 is 0 Å². The van der Waals surface area contributed by atoms with E-state index in [9.17, 15) is 14.4 Å². The lowest BCUT2D eigenvalue weighted by Crippen LogP contribution is -2.39. The lowest BCUT2D eigenvalue weighted by Gasteiger charge is -2.17. The number of hydrogen-bond donors (Lipinski definition) is 1. The highest BCUT2D eigenvalue weighted by Gasteiger charge is 2.44. The highest BCUT2D eigenvalue weighted by Crippen LogP contribution is 2.30. The van der Waals surface area contributed by atoms with E-state index < -0.39 is 0 Å². The van der Waals surface area contributed by atoms with Gasteiger partial charge in [-0.05, 0) is 43.9 Å². The minimum atomic E-state index is -0.354. The van der Waals surface area contributed by atoms with E-state index in [1.807, 2.05) is 32.0 Å². The predicted octanol–water partition coefficient (Wildman–Crippen LogP) is 1.67. The Kier molecular flexibility index (Phi) is 3.60. The van der Waals surface area contributed by atoms with Crippen LogP contribution in [0.15, 0.2) is 18.2 Å². The third-order valence-corrected chi connectivity index (χ3v) is 4.25. The topological polar surface area (TPSA) is 69.7 Å². The van der Waals surface area contributed by atoms with Crippen LogP contribution in [0.4, 0.5) is 10.5 Å². The molecule has 1 saturated heterocycles. The van der Waals surface area contributed by atoms with Gasteiger partial charge in [0.1, 0.15) is 13.1 Å². The maximum absolute atomic E-state index is 12.2. The molecule has 0 unspecified atom stereocenters. The molecule has 1 aliphatic heterocycles. The first kappa shape index (κ1) is 14.6. The number of benzene rings is 1. The van der Waals surface area contributed by atoms with Gasteiger partial charge in [-0.3, -0.25) is 14.5 Å². The predicted molar refractivity (Wildman–Crippen MR) is 81.4 cm³/mol. The number of carbonyl (C=O) groups excluding carboxylic acids is 3. The molecule has 6 nitrogen and oxygen atoms in total. The molecule has 1 aliphatic carbocycles. The molecule has 2 aliphatic rings. The molecule has 0 aromatic heterocycles. The summed E-state index contributed by atoms with van der Waals surface area (Å²) in [6.07, 6.45) is 1.89. The van der Waals surface area contributed by atoms with Gasteiger partial charge in [-0.15, -0.1) is 0 Å². The van der Waals surface area contributed by atoms with Crippen molar-refractivity contribution in [2.45, 2.75) is 32.7 Å². The summed E-state index contributed by atoms with van der Waals surface area (Å²) in [5.74, 6) is -0.652. The number of anilines is 1. The fourth-order valence-electron chi connectivity index (χ4n) is 2.61. The lowest BCUT2D eigenvalue weighted by atomic mass is 10.1. The van der Waals surface area contributed by atoms with Gasteiger partial charge in [0.25, 0.3) is 5.91 Å². The van der Waals surface area contributed by atoms with Crippen LogP contribution in [0.1, 0.15) is 24.0 Å². The van der Waals surface area contributed by atoms with Crippen LogP contribution in [0, 0.1) is 13.8 Å².